The van der Waals surface area contributed by atoms with Crippen LogP contribution in [-0.4, -0.2) is 24.8 Å². The van der Waals surface area contributed by atoms with Crippen LogP contribution in [0.4, 0.5) is 5.69 Å². The zero-order valence-electron chi connectivity index (χ0n) is 16.2. The van der Waals surface area contributed by atoms with Crippen molar-refractivity contribution in [2.75, 3.05) is 19.2 Å². The molecule has 1 N–H and O–H groups in total. The molecule has 30 heavy (non-hydrogen) atoms. The monoisotopic (exact) mass is 398 g/mol. The second-order valence-electron chi connectivity index (χ2n) is 6.82. The first-order valence-corrected chi connectivity index (χ1v) is 9.46. The van der Waals surface area contributed by atoms with E-state index < -0.39 is 0 Å². The third-order valence-corrected chi connectivity index (χ3v) is 4.98. The van der Waals surface area contributed by atoms with Crippen molar-refractivity contribution < 1.29 is 19.0 Å². The van der Waals surface area contributed by atoms with Crippen LogP contribution in [0.2, 0.25) is 0 Å². The Kier molecular flexibility index (Phi) is 4.44. The van der Waals surface area contributed by atoms with Crippen molar-refractivity contribution in [3.63, 3.8) is 0 Å². The average Bonchev–Trinajstić information content (AvgIpc) is 3.26. The molecule has 4 aromatic rings. The van der Waals surface area contributed by atoms with E-state index in [1.165, 1.54) is 0 Å². The van der Waals surface area contributed by atoms with Crippen molar-refractivity contribution in [3.8, 4) is 28.5 Å². The van der Waals surface area contributed by atoms with E-state index in [0.29, 0.717) is 28.4 Å². The molecule has 148 valence electrons. The van der Waals surface area contributed by atoms with Gasteiger partial charge in [-0.1, -0.05) is 18.2 Å². The molecule has 1 aliphatic rings. The largest absolute Gasteiger partial charge is 0.497 e. The van der Waals surface area contributed by atoms with E-state index in [1.807, 2.05) is 54.6 Å². The van der Waals surface area contributed by atoms with Gasteiger partial charge < -0.3 is 19.5 Å². The highest BCUT2D eigenvalue weighted by atomic mass is 16.7. The number of hydrogen-bond acceptors (Lipinski definition) is 5. The number of rotatable bonds is 4. The molecule has 1 aliphatic heterocycles. The number of nitrogens with zero attached hydrogens (tertiary/aromatic N) is 1. The third-order valence-electron chi connectivity index (χ3n) is 4.98. The molecule has 0 spiro atoms. The quantitative estimate of drug-likeness (QED) is 0.530. The topological polar surface area (TPSA) is 69.7 Å². The Hall–Kier alpha value is -4.06. The Morgan fingerprint density at radius 3 is 2.60 bits per heavy atom. The lowest BCUT2D eigenvalue weighted by Crippen LogP contribution is -2.13. The zero-order chi connectivity index (χ0) is 20.5. The van der Waals surface area contributed by atoms with E-state index in [0.717, 1.165) is 22.2 Å². The minimum atomic E-state index is -0.220. The molecule has 6 heteroatoms. The number of hydrogen-bond donors (Lipinski definition) is 1. The molecule has 0 unspecified atom stereocenters. The second kappa shape index (κ2) is 7.40. The van der Waals surface area contributed by atoms with Gasteiger partial charge in [-0.3, -0.25) is 4.79 Å². The van der Waals surface area contributed by atoms with E-state index >= 15 is 0 Å². The number of nitrogens with one attached hydrogen (secondary N) is 1. The molecule has 0 fully saturated rings. The number of ether oxygens (including phenoxy) is 3. The Labute approximate surface area is 173 Å². The zero-order valence-corrected chi connectivity index (χ0v) is 16.2. The molecule has 2 heterocycles. The van der Waals surface area contributed by atoms with Gasteiger partial charge in [0.05, 0.1) is 23.9 Å². The number of benzene rings is 3. The second-order valence-corrected chi connectivity index (χ2v) is 6.82. The maximum Gasteiger partial charge on any atom is 0.256 e. The summed E-state index contributed by atoms with van der Waals surface area (Å²) in [5, 5.41) is 3.74. The summed E-state index contributed by atoms with van der Waals surface area (Å²) in [7, 11) is 1.63. The lowest BCUT2D eigenvalue weighted by atomic mass is 10.0. The number of carbonyl (C=O) groups excluding carboxylic acids is 1. The van der Waals surface area contributed by atoms with Crippen LogP contribution in [0, 0.1) is 0 Å². The predicted octanol–water partition coefficient (Wildman–Crippen LogP) is 4.89. The number of fused-ring (bicyclic) bond motifs is 2. The molecule has 1 amide bonds. The van der Waals surface area contributed by atoms with Crippen molar-refractivity contribution in [2.45, 2.75) is 0 Å². The van der Waals surface area contributed by atoms with Crippen molar-refractivity contribution in [2.24, 2.45) is 0 Å². The smallest absolute Gasteiger partial charge is 0.256 e. The summed E-state index contributed by atoms with van der Waals surface area (Å²) in [6.07, 6.45) is 0. The maximum atomic E-state index is 13.2. The minimum Gasteiger partial charge on any atom is -0.497 e. The van der Waals surface area contributed by atoms with Gasteiger partial charge in [-0.15, -0.1) is 0 Å². The van der Waals surface area contributed by atoms with Gasteiger partial charge in [-0.05, 0) is 48.5 Å². The van der Waals surface area contributed by atoms with Gasteiger partial charge in [0.1, 0.15) is 5.75 Å². The van der Waals surface area contributed by atoms with Crippen LogP contribution in [0.1, 0.15) is 10.4 Å². The number of para-hydroxylation sites is 1. The molecule has 0 saturated heterocycles. The van der Waals surface area contributed by atoms with E-state index in [-0.39, 0.29) is 12.7 Å². The number of carbonyl (C=O) groups is 1. The molecular weight excluding hydrogens is 380 g/mol. The van der Waals surface area contributed by atoms with Crippen LogP contribution in [0.25, 0.3) is 22.2 Å². The average molecular weight is 398 g/mol. The van der Waals surface area contributed by atoms with E-state index in [1.54, 1.807) is 25.3 Å². The Balaban J connectivity index is 1.54. The molecule has 0 atom stereocenters. The fourth-order valence-corrected chi connectivity index (χ4v) is 3.45. The number of pyridine rings is 1. The van der Waals surface area contributed by atoms with Crippen molar-refractivity contribution in [1.82, 2.24) is 4.98 Å². The fraction of sp³-hybridized carbons (Fsp3) is 0.0833. The van der Waals surface area contributed by atoms with Crippen LogP contribution in [0.3, 0.4) is 0 Å². The number of anilines is 1. The molecule has 6 nitrogen and oxygen atoms in total. The minimum absolute atomic E-state index is 0.187. The predicted molar refractivity (Wildman–Crippen MR) is 114 cm³/mol. The molecule has 0 aliphatic carbocycles. The van der Waals surface area contributed by atoms with Crippen molar-refractivity contribution in [1.29, 1.82) is 0 Å². The van der Waals surface area contributed by atoms with Gasteiger partial charge in [-0.25, -0.2) is 4.98 Å². The summed E-state index contributed by atoms with van der Waals surface area (Å²) in [5.74, 6) is 1.83. The highest BCUT2D eigenvalue weighted by Gasteiger charge is 2.17. The first-order chi connectivity index (χ1) is 14.7. The fourth-order valence-electron chi connectivity index (χ4n) is 3.45. The standard InChI is InChI=1S/C24H18N2O4/c1-28-17-9-6-15(7-10-17)21-13-19(18-4-2-3-5-20(18)26-21)24(27)25-16-8-11-22-23(12-16)30-14-29-22/h2-13H,14H2,1H3,(H,25,27). The molecular formula is C24H18N2O4. The number of amides is 1. The van der Waals surface area contributed by atoms with Gasteiger partial charge in [-0.2, -0.15) is 0 Å². The highest BCUT2D eigenvalue weighted by molar-refractivity contribution is 6.13. The normalized spacial score (nSPS) is 12.0. The summed E-state index contributed by atoms with van der Waals surface area (Å²) >= 11 is 0. The van der Waals surface area contributed by atoms with Crippen molar-refractivity contribution >= 4 is 22.5 Å². The first-order valence-electron chi connectivity index (χ1n) is 9.46. The summed E-state index contributed by atoms with van der Waals surface area (Å²) in [5.41, 5.74) is 3.55. The van der Waals surface area contributed by atoms with Gasteiger partial charge >= 0.3 is 0 Å². The van der Waals surface area contributed by atoms with Gasteiger partial charge in [0, 0.05) is 22.7 Å². The third kappa shape index (κ3) is 3.28. The molecule has 5 rings (SSSR count). The van der Waals surface area contributed by atoms with Crippen LogP contribution in [0.5, 0.6) is 17.2 Å². The Bertz CT molecular complexity index is 1250. The van der Waals surface area contributed by atoms with Crippen LogP contribution >= 0.6 is 0 Å². The number of methoxy groups -OCH3 is 1. The Morgan fingerprint density at radius 1 is 0.967 bits per heavy atom. The van der Waals surface area contributed by atoms with E-state index in [2.05, 4.69) is 5.32 Å². The summed E-state index contributed by atoms with van der Waals surface area (Å²) in [6, 6.07) is 22.3. The number of aromatic nitrogens is 1. The molecule has 0 radical (unpaired) electrons. The highest BCUT2D eigenvalue weighted by Crippen LogP contribution is 2.34. The first kappa shape index (κ1) is 18.0. The van der Waals surface area contributed by atoms with Crippen LogP contribution in [-0.2, 0) is 0 Å². The van der Waals surface area contributed by atoms with Gasteiger partial charge in [0.25, 0.3) is 5.91 Å². The van der Waals surface area contributed by atoms with E-state index in [4.69, 9.17) is 19.2 Å². The summed E-state index contributed by atoms with van der Waals surface area (Å²) in [6.45, 7) is 0.187. The summed E-state index contributed by atoms with van der Waals surface area (Å²) < 4.78 is 16.0. The molecule has 0 bridgehead atoms. The summed E-state index contributed by atoms with van der Waals surface area (Å²) in [4.78, 5) is 17.9. The molecule has 0 saturated carbocycles. The molecule has 3 aromatic carbocycles. The van der Waals surface area contributed by atoms with E-state index in [9.17, 15) is 4.79 Å². The van der Waals surface area contributed by atoms with Gasteiger partial charge in [0.15, 0.2) is 11.5 Å². The maximum absolute atomic E-state index is 13.2. The van der Waals surface area contributed by atoms with Gasteiger partial charge in [0.2, 0.25) is 6.79 Å². The Morgan fingerprint density at radius 2 is 1.77 bits per heavy atom. The SMILES string of the molecule is COc1ccc(-c2cc(C(=O)Nc3ccc4c(c3)OCO4)c3ccccc3n2)cc1. The van der Waals surface area contributed by atoms with Crippen LogP contribution in [0.15, 0.2) is 72.8 Å². The van der Waals surface area contributed by atoms with Crippen molar-refractivity contribution in [3.05, 3.63) is 78.4 Å². The lowest BCUT2D eigenvalue weighted by molar-refractivity contribution is 0.102. The molecule has 1 aromatic heterocycles. The lowest BCUT2D eigenvalue weighted by Gasteiger charge is -2.11. The van der Waals surface area contributed by atoms with Crippen LogP contribution < -0.4 is 19.5 Å².